The predicted octanol–water partition coefficient (Wildman–Crippen LogP) is 3.58. The van der Waals surface area contributed by atoms with Crippen LogP contribution < -0.4 is 14.7 Å². The monoisotopic (exact) mass is 372 g/mol. The Morgan fingerprint density at radius 2 is 0.704 bits per heavy atom. The first-order chi connectivity index (χ1) is 13.1. The van der Waals surface area contributed by atoms with Crippen molar-refractivity contribution in [1.29, 1.82) is 0 Å². The lowest BCUT2D eigenvalue weighted by Crippen LogP contribution is -2.39. The van der Waals surface area contributed by atoms with Crippen molar-refractivity contribution in [2.24, 2.45) is 17.8 Å². The average molecular weight is 373 g/mol. The normalized spacial score (nSPS) is 23.9. The highest BCUT2D eigenvalue weighted by Crippen LogP contribution is 2.28. The quantitative estimate of drug-likeness (QED) is 0.808. The van der Waals surface area contributed by atoms with Gasteiger partial charge in [-0.25, -0.2) is 0 Å². The predicted molar refractivity (Wildman–Crippen MR) is 112 cm³/mol. The Morgan fingerprint density at radius 1 is 0.481 bits per heavy atom. The van der Waals surface area contributed by atoms with Crippen molar-refractivity contribution in [2.75, 3.05) is 54.0 Å². The highest BCUT2D eigenvalue weighted by atomic mass is 15.4. The molecule has 0 N–H and O–H groups in total. The molecule has 0 aromatic carbocycles. The highest BCUT2D eigenvalue weighted by molar-refractivity contribution is 5.47. The molecule has 0 bridgehead atoms. The Balaban J connectivity index is 1.59. The van der Waals surface area contributed by atoms with Gasteiger partial charge in [0, 0.05) is 39.3 Å². The molecule has 0 saturated carbocycles. The first-order valence-corrected chi connectivity index (χ1v) is 11.1. The molecule has 0 atom stereocenters. The largest absolute Gasteiger partial charge is 0.341 e. The molecule has 150 valence electrons. The summed E-state index contributed by atoms with van der Waals surface area (Å²) in [5.74, 6) is 5.15. The van der Waals surface area contributed by atoms with Crippen molar-refractivity contribution in [1.82, 2.24) is 15.0 Å². The molecule has 0 unspecified atom stereocenters. The minimum Gasteiger partial charge on any atom is -0.341 e. The maximum atomic E-state index is 4.94. The van der Waals surface area contributed by atoms with Crippen LogP contribution in [0.5, 0.6) is 0 Å². The third kappa shape index (κ3) is 4.46. The van der Waals surface area contributed by atoms with Crippen LogP contribution in [-0.2, 0) is 0 Å². The minimum absolute atomic E-state index is 0.814. The number of hydrogen-bond acceptors (Lipinski definition) is 6. The summed E-state index contributed by atoms with van der Waals surface area (Å²) in [5.41, 5.74) is 0. The van der Waals surface area contributed by atoms with Crippen molar-refractivity contribution in [3.63, 3.8) is 0 Å². The van der Waals surface area contributed by atoms with Gasteiger partial charge in [0.05, 0.1) is 0 Å². The molecule has 0 aliphatic carbocycles. The van der Waals surface area contributed by atoms with Gasteiger partial charge in [0.15, 0.2) is 0 Å². The fourth-order valence-electron chi connectivity index (χ4n) is 4.39. The smallest absolute Gasteiger partial charge is 0.231 e. The van der Waals surface area contributed by atoms with Crippen molar-refractivity contribution in [2.45, 2.75) is 59.3 Å². The number of aromatic nitrogens is 3. The Kier molecular flexibility index (Phi) is 5.69. The molecular weight excluding hydrogens is 336 g/mol. The maximum Gasteiger partial charge on any atom is 0.231 e. The summed E-state index contributed by atoms with van der Waals surface area (Å²) >= 11 is 0. The summed E-state index contributed by atoms with van der Waals surface area (Å²) < 4.78 is 0. The van der Waals surface area contributed by atoms with Gasteiger partial charge in [-0.2, -0.15) is 15.0 Å². The van der Waals surface area contributed by atoms with Crippen molar-refractivity contribution in [3.05, 3.63) is 0 Å². The van der Waals surface area contributed by atoms with Crippen LogP contribution in [0, 0.1) is 17.8 Å². The summed E-state index contributed by atoms with van der Waals surface area (Å²) in [6.07, 6.45) is 7.41. The van der Waals surface area contributed by atoms with E-state index in [1.807, 2.05) is 0 Å². The molecule has 3 aliphatic rings. The maximum absolute atomic E-state index is 4.94. The summed E-state index contributed by atoms with van der Waals surface area (Å²) in [4.78, 5) is 22.0. The van der Waals surface area contributed by atoms with Gasteiger partial charge >= 0.3 is 0 Å². The molecule has 0 spiro atoms. The standard InChI is InChI=1S/C21H36N6/c1-16-4-10-25(11-5-16)19-22-20(26-12-6-17(2)7-13-26)24-21(23-19)27-14-8-18(3)9-15-27/h16-18H,4-15H2,1-3H3. The molecule has 1 aromatic rings. The molecule has 4 rings (SSSR count). The number of piperidine rings is 3. The lowest BCUT2D eigenvalue weighted by atomic mass is 9.99. The molecule has 0 amide bonds. The van der Waals surface area contributed by atoms with Crippen molar-refractivity contribution in [3.8, 4) is 0 Å². The van der Waals surface area contributed by atoms with E-state index >= 15 is 0 Å². The molecule has 0 radical (unpaired) electrons. The minimum atomic E-state index is 0.814. The number of hydrogen-bond donors (Lipinski definition) is 0. The van der Waals surface area contributed by atoms with E-state index in [-0.39, 0.29) is 0 Å². The first kappa shape index (κ1) is 18.8. The van der Waals surface area contributed by atoms with Crippen molar-refractivity contribution < 1.29 is 0 Å². The fourth-order valence-corrected chi connectivity index (χ4v) is 4.39. The fraction of sp³-hybridized carbons (Fsp3) is 0.857. The highest BCUT2D eigenvalue weighted by Gasteiger charge is 2.26. The first-order valence-electron chi connectivity index (χ1n) is 11.1. The van der Waals surface area contributed by atoms with E-state index < -0.39 is 0 Å². The summed E-state index contributed by atoms with van der Waals surface area (Å²) in [5, 5.41) is 0. The lowest BCUT2D eigenvalue weighted by Gasteiger charge is -2.35. The molecule has 3 saturated heterocycles. The van der Waals surface area contributed by atoms with Crippen LogP contribution in [0.1, 0.15) is 59.3 Å². The van der Waals surface area contributed by atoms with E-state index in [4.69, 9.17) is 15.0 Å². The third-order valence-electron chi connectivity index (χ3n) is 6.80. The molecular formula is C21H36N6. The average Bonchev–Trinajstić information content (AvgIpc) is 2.69. The van der Waals surface area contributed by atoms with E-state index in [0.29, 0.717) is 0 Å². The topological polar surface area (TPSA) is 48.4 Å². The Labute approximate surface area is 164 Å². The van der Waals surface area contributed by atoms with Crippen LogP contribution in [0.3, 0.4) is 0 Å². The van der Waals surface area contributed by atoms with E-state index in [9.17, 15) is 0 Å². The van der Waals surface area contributed by atoms with Crippen LogP contribution >= 0.6 is 0 Å². The zero-order chi connectivity index (χ0) is 18.8. The number of nitrogens with zero attached hydrogens (tertiary/aromatic N) is 6. The molecule has 1 aromatic heterocycles. The van der Waals surface area contributed by atoms with Crippen LogP contribution in [-0.4, -0.2) is 54.2 Å². The summed E-state index contributed by atoms with van der Waals surface area (Å²) in [6, 6.07) is 0. The van der Waals surface area contributed by atoms with Crippen LogP contribution in [0.15, 0.2) is 0 Å². The number of anilines is 3. The summed E-state index contributed by atoms with van der Waals surface area (Å²) in [6.45, 7) is 13.5. The molecule has 6 heteroatoms. The molecule has 6 nitrogen and oxygen atoms in total. The van der Waals surface area contributed by atoms with Crippen LogP contribution in [0.4, 0.5) is 17.8 Å². The van der Waals surface area contributed by atoms with Crippen molar-refractivity contribution >= 4 is 17.8 Å². The van der Waals surface area contributed by atoms with E-state index in [2.05, 4.69) is 35.5 Å². The van der Waals surface area contributed by atoms with Gasteiger partial charge in [-0.3, -0.25) is 0 Å². The second kappa shape index (κ2) is 8.19. The zero-order valence-electron chi connectivity index (χ0n) is 17.4. The lowest BCUT2D eigenvalue weighted by molar-refractivity contribution is 0.424. The van der Waals surface area contributed by atoms with Gasteiger partial charge in [-0.05, 0) is 56.3 Å². The van der Waals surface area contributed by atoms with Gasteiger partial charge in [0.2, 0.25) is 17.8 Å². The second-order valence-corrected chi connectivity index (χ2v) is 9.24. The molecule has 4 heterocycles. The van der Waals surface area contributed by atoms with Crippen LogP contribution in [0.2, 0.25) is 0 Å². The van der Waals surface area contributed by atoms with E-state index in [1.54, 1.807) is 0 Å². The third-order valence-corrected chi connectivity index (χ3v) is 6.80. The Hall–Kier alpha value is -1.59. The van der Waals surface area contributed by atoms with Gasteiger partial charge in [-0.15, -0.1) is 0 Å². The van der Waals surface area contributed by atoms with Crippen LogP contribution in [0.25, 0.3) is 0 Å². The van der Waals surface area contributed by atoms with Gasteiger partial charge < -0.3 is 14.7 Å². The molecule has 3 fully saturated rings. The van der Waals surface area contributed by atoms with E-state index in [0.717, 1.165) is 74.9 Å². The zero-order valence-corrected chi connectivity index (χ0v) is 17.4. The Morgan fingerprint density at radius 3 is 0.926 bits per heavy atom. The molecule has 27 heavy (non-hydrogen) atoms. The Bertz CT molecular complexity index is 513. The number of rotatable bonds is 3. The summed E-state index contributed by atoms with van der Waals surface area (Å²) in [7, 11) is 0. The SMILES string of the molecule is CC1CCN(c2nc(N3CCC(C)CC3)nc(N3CCC(C)CC3)n2)CC1. The van der Waals surface area contributed by atoms with Gasteiger partial charge in [0.1, 0.15) is 0 Å². The van der Waals surface area contributed by atoms with E-state index in [1.165, 1.54) is 38.5 Å². The van der Waals surface area contributed by atoms with Gasteiger partial charge in [-0.1, -0.05) is 20.8 Å². The van der Waals surface area contributed by atoms with Gasteiger partial charge in [0.25, 0.3) is 0 Å². The molecule has 3 aliphatic heterocycles. The second-order valence-electron chi connectivity index (χ2n) is 9.24.